The lowest BCUT2D eigenvalue weighted by atomic mass is 10.0. The smallest absolute Gasteiger partial charge is 0.250 e. The average molecular weight is 439 g/mol. The van der Waals surface area contributed by atoms with Crippen LogP contribution in [0.2, 0.25) is 0 Å². The van der Waals surface area contributed by atoms with Gasteiger partial charge in [0.25, 0.3) is 0 Å². The minimum absolute atomic E-state index is 0.409. The number of primary amides is 1. The van der Waals surface area contributed by atoms with E-state index in [1.165, 1.54) is 18.9 Å². The summed E-state index contributed by atoms with van der Waals surface area (Å²) in [6.07, 6.45) is -0.433. The Morgan fingerprint density at radius 1 is 1.03 bits per heavy atom. The molecule has 31 heavy (non-hydrogen) atoms. The monoisotopic (exact) mass is 439 g/mol. The van der Waals surface area contributed by atoms with Gasteiger partial charge in [-0.05, 0) is 12.1 Å². The summed E-state index contributed by atoms with van der Waals surface area (Å²) in [5, 5.41) is 52.2. The predicted molar refractivity (Wildman–Crippen MR) is 107 cm³/mol. The molecule has 0 aromatic carbocycles. The zero-order chi connectivity index (χ0) is 23.4. The number of carbonyl (C=O) groups is 1. The van der Waals surface area contributed by atoms with Crippen LogP contribution in [0, 0.1) is 0 Å². The molecule has 14 nitrogen and oxygen atoms in total. The van der Waals surface area contributed by atoms with Gasteiger partial charge in [-0.15, -0.1) is 0 Å². The molecule has 11 N–H and O–H groups in total. The Morgan fingerprint density at radius 2 is 1.65 bits per heavy atom. The summed E-state index contributed by atoms with van der Waals surface area (Å²) in [4.78, 5) is 28.5. The van der Waals surface area contributed by atoms with E-state index in [9.17, 15) is 4.79 Å². The molecule has 3 aromatic rings. The summed E-state index contributed by atoms with van der Waals surface area (Å²) in [7, 11) is 0. The molecule has 0 fully saturated rings. The van der Waals surface area contributed by atoms with Gasteiger partial charge in [0.15, 0.2) is 11.5 Å². The number of hydrogen-bond donors (Lipinski definition) is 9. The predicted octanol–water partition coefficient (Wildman–Crippen LogP) is -3.47. The molecule has 14 heteroatoms. The third kappa shape index (κ3) is 8.17. The molecule has 0 radical (unpaired) electrons. The van der Waals surface area contributed by atoms with Crippen molar-refractivity contribution in [2.45, 2.75) is 24.4 Å². The number of aliphatic hydroxyl groups is 6. The van der Waals surface area contributed by atoms with Gasteiger partial charge in [0.05, 0.1) is 25.1 Å². The highest BCUT2D eigenvalue weighted by Gasteiger charge is 2.29. The molecule has 1 amide bonds. The van der Waals surface area contributed by atoms with E-state index >= 15 is 0 Å². The lowest BCUT2D eigenvalue weighted by Gasteiger charge is -2.24. The van der Waals surface area contributed by atoms with Crippen molar-refractivity contribution in [2.75, 3.05) is 18.9 Å². The molecule has 3 rings (SSSR count). The normalized spacial score (nSPS) is 14.3. The maximum atomic E-state index is 10.4. The summed E-state index contributed by atoms with van der Waals surface area (Å²) < 4.78 is 0. The molecular formula is C17H25N7O7. The van der Waals surface area contributed by atoms with Gasteiger partial charge in [0.1, 0.15) is 36.3 Å². The number of nitrogen functional groups attached to an aromatic ring is 1. The van der Waals surface area contributed by atoms with Crippen molar-refractivity contribution < 1.29 is 35.4 Å². The van der Waals surface area contributed by atoms with E-state index in [1.54, 1.807) is 18.3 Å². The highest BCUT2D eigenvalue weighted by Crippen LogP contribution is 2.09. The van der Waals surface area contributed by atoms with Gasteiger partial charge in [0, 0.05) is 12.4 Å². The molecule has 0 saturated carbocycles. The Hall–Kier alpha value is -3.27. The van der Waals surface area contributed by atoms with Crippen LogP contribution < -0.4 is 11.5 Å². The number of aliphatic hydroxyl groups excluding tert-OH is 6. The fourth-order valence-electron chi connectivity index (χ4n) is 1.96. The maximum absolute atomic E-state index is 10.4. The van der Waals surface area contributed by atoms with Gasteiger partial charge < -0.3 is 47.1 Å². The second kappa shape index (κ2) is 13.1. The van der Waals surface area contributed by atoms with E-state index < -0.39 is 43.5 Å². The summed E-state index contributed by atoms with van der Waals surface area (Å²) >= 11 is 0. The van der Waals surface area contributed by atoms with Gasteiger partial charge in [-0.1, -0.05) is 0 Å². The molecular weight excluding hydrogens is 414 g/mol. The molecule has 3 aromatic heterocycles. The van der Waals surface area contributed by atoms with Crippen LogP contribution in [-0.2, 0) is 0 Å². The fraction of sp³-hybridized carbons (Fsp3) is 0.353. The Kier molecular flexibility index (Phi) is 10.9. The third-order valence-corrected chi connectivity index (χ3v) is 3.70. The summed E-state index contributed by atoms with van der Waals surface area (Å²) in [6, 6.07) is 3.29. The first-order valence-corrected chi connectivity index (χ1v) is 8.76. The lowest BCUT2D eigenvalue weighted by Crippen LogP contribution is -2.46. The first-order chi connectivity index (χ1) is 14.7. The minimum Gasteiger partial charge on any atom is -0.394 e. The van der Waals surface area contributed by atoms with Gasteiger partial charge >= 0.3 is 0 Å². The molecule has 170 valence electrons. The highest BCUT2D eigenvalue weighted by molar-refractivity contribution is 5.92. The van der Waals surface area contributed by atoms with Crippen LogP contribution in [0.1, 0.15) is 10.4 Å². The van der Waals surface area contributed by atoms with Crippen molar-refractivity contribution in [3.63, 3.8) is 0 Å². The van der Waals surface area contributed by atoms with Gasteiger partial charge in [-0.3, -0.25) is 9.78 Å². The van der Waals surface area contributed by atoms with Crippen LogP contribution in [0.5, 0.6) is 0 Å². The Labute approximate surface area is 175 Å². The molecule has 0 unspecified atom stereocenters. The Morgan fingerprint density at radius 3 is 2.06 bits per heavy atom. The van der Waals surface area contributed by atoms with Crippen molar-refractivity contribution in [2.24, 2.45) is 5.73 Å². The molecule has 0 aliphatic rings. The largest absolute Gasteiger partial charge is 0.394 e. The Bertz CT molecular complexity index is 898. The van der Waals surface area contributed by atoms with Gasteiger partial charge in [-0.2, -0.15) is 0 Å². The number of carbonyl (C=O) groups excluding carboxylic acids is 1. The highest BCUT2D eigenvalue weighted by atomic mass is 16.4. The number of pyridine rings is 1. The van der Waals surface area contributed by atoms with E-state index in [-0.39, 0.29) is 0 Å². The fourth-order valence-corrected chi connectivity index (χ4v) is 1.96. The van der Waals surface area contributed by atoms with Gasteiger partial charge in [-0.25, -0.2) is 15.0 Å². The molecule has 0 aliphatic carbocycles. The van der Waals surface area contributed by atoms with Crippen LogP contribution in [0.3, 0.4) is 0 Å². The molecule has 3 heterocycles. The lowest BCUT2D eigenvalue weighted by molar-refractivity contribution is -0.123. The summed E-state index contributed by atoms with van der Waals surface area (Å²) in [5.41, 5.74) is 12.1. The SMILES string of the molecule is NC(=O)c1cccnc1.Nc1ncnc2[nH]cnc12.OC[C@@H](O)[C@H](O)[C@H](O)[C@H](O)CO. The standard InChI is InChI=1S/C6H6N2O.C6H14O6.C5H5N5/c7-6(9)5-2-1-3-8-4-5;7-1-3(9)5(11)6(12)4(10)2-8;6-4-3-5(9-1-7-3)10-2-8-4/h1-4H,(H2,7,9);3-12H,1-2H2;1-2H,(H3,6,7,8,9,10)/t;3-,4-,5-,6+;/m.1./s1. The first kappa shape index (κ1) is 25.8. The van der Waals surface area contributed by atoms with E-state index in [4.69, 9.17) is 42.1 Å². The number of nitrogens with one attached hydrogen (secondary N) is 1. The van der Waals surface area contributed by atoms with Crippen molar-refractivity contribution in [3.8, 4) is 0 Å². The second-order valence-corrected chi connectivity index (χ2v) is 5.95. The third-order valence-electron chi connectivity index (χ3n) is 3.70. The number of rotatable bonds is 6. The van der Waals surface area contributed by atoms with E-state index in [0.717, 1.165) is 0 Å². The zero-order valence-corrected chi connectivity index (χ0v) is 16.2. The van der Waals surface area contributed by atoms with E-state index in [1.807, 2.05) is 0 Å². The van der Waals surface area contributed by atoms with Gasteiger partial charge in [0.2, 0.25) is 5.91 Å². The number of amides is 1. The summed E-state index contributed by atoms with van der Waals surface area (Å²) in [5.74, 6) is -0.0330. The molecule has 4 atom stereocenters. The van der Waals surface area contributed by atoms with Crippen molar-refractivity contribution in [3.05, 3.63) is 42.7 Å². The second-order valence-electron chi connectivity index (χ2n) is 5.95. The molecule has 0 spiro atoms. The molecule has 0 bridgehead atoms. The van der Waals surface area contributed by atoms with Crippen LogP contribution in [-0.4, -0.2) is 99.1 Å². The van der Waals surface area contributed by atoms with Crippen LogP contribution in [0.15, 0.2) is 37.2 Å². The summed E-state index contributed by atoms with van der Waals surface area (Å²) in [6.45, 7) is -1.45. The number of fused-ring (bicyclic) bond motifs is 1. The quantitative estimate of drug-likeness (QED) is 0.181. The minimum atomic E-state index is -1.67. The average Bonchev–Trinajstić information content (AvgIpc) is 3.28. The topological polar surface area (TPSA) is 258 Å². The van der Waals surface area contributed by atoms with Crippen molar-refractivity contribution in [1.82, 2.24) is 24.9 Å². The van der Waals surface area contributed by atoms with Crippen molar-refractivity contribution >= 4 is 22.9 Å². The first-order valence-electron chi connectivity index (χ1n) is 8.76. The van der Waals surface area contributed by atoms with Crippen LogP contribution in [0.4, 0.5) is 5.82 Å². The zero-order valence-electron chi connectivity index (χ0n) is 16.2. The Balaban J connectivity index is 0.000000234. The molecule has 0 aliphatic heterocycles. The van der Waals surface area contributed by atoms with Crippen LogP contribution >= 0.6 is 0 Å². The molecule has 0 saturated heterocycles. The number of anilines is 1. The number of aromatic amines is 1. The number of H-pyrrole nitrogens is 1. The number of aromatic nitrogens is 5. The van der Waals surface area contributed by atoms with E-state index in [0.29, 0.717) is 22.5 Å². The number of imidazole rings is 1. The number of nitrogens with zero attached hydrogens (tertiary/aromatic N) is 4. The van der Waals surface area contributed by atoms with Crippen molar-refractivity contribution in [1.29, 1.82) is 0 Å². The number of nitrogens with two attached hydrogens (primary N) is 2. The maximum Gasteiger partial charge on any atom is 0.250 e. The van der Waals surface area contributed by atoms with E-state index in [2.05, 4.69) is 24.9 Å². The number of hydrogen-bond acceptors (Lipinski definition) is 12. The van der Waals surface area contributed by atoms with Crippen LogP contribution in [0.25, 0.3) is 11.2 Å².